The molecular weight excluding hydrogens is 442 g/mol. The number of hydrogen-bond donors (Lipinski definition) is 3. The van der Waals surface area contributed by atoms with E-state index >= 15 is 0 Å². The van der Waals surface area contributed by atoms with E-state index in [4.69, 9.17) is 10.3 Å². The lowest BCUT2D eigenvalue weighted by Crippen LogP contribution is -2.45. The van der Waals surface area contributed by atoms with Gasteiger partial charge in [0.2, 0.25) is 0 Å². The molecule has 34 heavy (non-hydrogen) atoms. The molecule has 1 aromatic heterocycles. The van der Waals surface area contributed by atoms with Crippen molar-refractivity contribution in [2.45, 2.75) is 0 Å². The molecule has 8 nitrogen and oxygen atoms in total. The summed E-state index contributed by atoms with van der Waals surface area (Å²) in [5, 5.41) is 6.71. The normalized spacial score (nSPS) is 15.4. The van der Waals surface area contributed by atoms with Crippen LogP contribution in [0, 0.1) is 17.2 Å². The van der Waals surface area contributed by atoms with Gasteiger partial charge >= 0.3 is 0 Å². The van der Waals surface area contributed by atoms with Crippen molar-refractivity contribution in [1.82, 2.24) is 14.8 Å². The SMILES string of the molecule is CN1CCN(CCOc2ccc(N/C=C(\N=N)c3cc4cc(F)c(F)cc4[nH]c3=O)cc2)CC1. The van der Waals surface area contributed by atoms with Gasteiger partial charge in [-0.15, -0.1) is 0 Å². The van der Waals surface area contributed by atoms with Crippen molar-refractivity contribution < 1.29 is 13.5 Å². The van der Waals surface area contributed by atoms with E-state index in [1.165, 1.54) is 12.3 Å². The van der Waals surface area contributed by atoms with Gasteiger partial charge in [-0.05, 0) is 43.4 Å². The molecule has 0 atom stereocenters. The van der Waals surface area contributed by atoms with Crippen molar-refractivity contribution >= 4 is 22.3 Å². The first-order valence-electron chi connectivity index (χ1n) is 10.9. The Bertz CT molecular complexity index is 1250. The Morgan fingerprint density at radius 2 is 1.85 bits per heavy atom. The summed E-state index contributed by atoms with van der Waals surface area (Å²) in [5.41, 5.74) is 7.86. The summed E-state index contributed by atoms with van der Waals surface area (Å²) in [5.74, 6) is -1.33. The standard InChI is InChI=1S/C24H26F2N6O2/c1-31-6-8-32(9-7-31)10-11-34-18-4-2-17(3-5-18)28-15-23(30-27)19-12-16-13-20(25)21(26)14-22(16)29-24(19)33/h2-5,12-15,27-28H,6-11H2,1H3,(H,29,33)/b23-15-,30-27?. The highest BCUT2D eigenvalue weighted by molar-refractivity contribution is 5.82. The Morgan fingerprint density at radius 3 is 2.56 bits per heavy atom. The van der Waals surface area contributed by atoms with Gasteiger partial charge in [-0.2, -0.15) is 5.11 Å². The summed E-state index contributed by atoms with van der Waals surface area (Å²) in [7, 11) is 2.13. The lowest BCUT2D eigenvalue weighted by Gasteiger charge is -2.32. The highest BCUT2D eigenvalue weighted by atomic mass is 19.2. The van der Waals surface area contributed by atoms with E-state index in [0.29, 0.717) is 17.7 Å². The van der Waals surface area contributed by atoms with Crippen LogP contribution in [0.3, 0.4) is 0 Å². The molecule has 1 aliphatic heterocycles. The number of piperazine rings is 1. The van der Waals surface area contributed by atoms with Crippen LogP contribution < -0.4 is 15.6 Å². The summed E-state index contributed by atoms with van der Waals surface area (Å²) in [4.78, 5) is 19.6. The number of nitrogens with zero attached hydrogens (tertiary/aromatic N) is 3. The second-order valence-corrected chi connectivity index (χ2v) is 8.17. The van der Waals surface area contributed by atoms with Crippen molar-refractivity contribution in [3.05, 3.63) is 76.2 Å². The highest BCUT2D eigenvalue weighted by Crippen LogP contribution is 2.21. The third kappa shape index (κ3) is 5.64. The van der Waals surface area contributed by atoms with Gasteiger partial charge in [0, 0.05) is 56.1 Å². The Morgan fingerprint density at radius 1 is 1.15 bits per heavy atom. The molecule has 0 amide bonds. The minimum absolute atomic E-state index is 0.0420. The number of fused-ring (bicyclic) bond motifs is 1. The van der Waals surface area contributed by atoms with Gasteiger partial charge in [0.25, 0.3) is 5.56 Å². The minimum atomic E-state index is -1.05. The number of aromatic amines is 1. The topological polar surface area (TPSA) is 96.8 Å². The number of likely N-dealkylation sites (N-methyl/N-ethyl adjacent to an activating group) is 1. The van der Waals surface area contributed by atoms with Gasteiger partial charge in [-0.3, -0.25) is 9.69 Å². The summed E-state index contributed by atoms with van der Waals surface area (Å²) < 4.78 is 32.8. The number of anilines is 1. The Hall–Kier alpha value is -3.63. The van der Waals surface area contributed by atoms with Crippen LogP contribution in [0.25, 0.3) is 16.6 Å². The second kappa shape index (κ2) is 10.5. The maximum absolute atomic E-state index is 13.6. The monoisotopic (exact) mass is 468 g/mol. The van der Waals surface area contributed by atoms with E-state index in [1.54, 1.807) is 0 Å². The zero-order valence-electron chi connectivity index (χ0n) is 18.8. The van der Waals surface area contributed by atoms with Crippen LogP contribution in [0.2, 0.25) is 0 Å². The largest absolute Gasteiger partial charge is 0.492 e. The van der Waals surface area contributed by atoms with Crippen molar-refractivity contribution in [3.8, 4) is 5.75 Å². The number of aromatic nitrogens is 1. The zero-order valence-corrected chi connectivity index (χ0v) is 18.8. The van der Waals surface area contributed by atoms with Crippen LogP contribution in [0.5, 0.6) is 5.75 Å². The predicted octanol–water partition coefficient (Wildman–Crippen LogP) is 3.87. The summed E-state index contributed by atoms with van der Waals surface area (Å²) in [6.07, 6.45) is 1.41. The first-order valence-corrected chi connectivity index (χ1v) is 10.9. The molecule has 0 bridgehead atoms. The van der Waals surface area contributed by atoms with Crippen molar-refractivity contribution in [2.75, 3.05) is 51.7 Å². The van der Waals surface area contributed by atoms with Crippen LogP contribution in [-0.2, 0) is 0 Å². The van der Waals surface area contributed by atoms with Crippen LogP contribution in [0.1, 0.15) is 5.56 Å². The molecule has 1 saturated heterocycles. The van der Waals surface area contributed by atoms with Gasteiger partial charge in [0.15, 0.2) is 11.6 Å². The molecule has 1 aliphatic rings. The quantitative estimate of drug-likeness (QED) is 0.436. The molecule has 178 valence electrons. The number of ether oxygens (including phenoxy) is 1. The van der Waals surface area contributed by atoms with E-state index in [2.05, 4.69) is 32.3 Å². The third-order valence-corrected chi connectivity index (χ3v) is 5.78. The molecule has 0 unspecified atom stereocenters. The summed E-state index contributed by atoms with van der Waals surface area (Å²) >= 11 is 0. The molecule has 0 saturated carbocycles. The lowest BCUT2D eigenvalue weighted by molar-refractivity contribution is 0.134. The number of pyridine rings is 1. The fourth-order valence-electron chi connectivity index (χ4n) is 3.72. The van der Waals surface area contributed by atoms with Gasteiger partial charge < -0.3 is 19.9 Å². The molecule has 3 N–H and O–H groups in total. The maximum atomic E-state index is 13.6. The van der Waals surface area contributed by atoms with E-state index in [0.717, 1.165) is 50.6 Å². The number of hydrogen-bond acceptors (Lipinski definition) is 7. The molecule has 2 aromatic carbocycles. The van der Waals surface area contributed by atoms with Crippen LogP contribution in [0.4, 0.5) is 14.5 Å². The fraction of sp³-hybridized carbons (Fsp3) is 0.292. The van der Waals surface area contributed by atoms with Crippen molar-refractivity contribution in [2.24, 2.45) is 5.11 Å². The summed E-state index contributed by atoms with van der Waals surface area (Å²) in [6.45, 7) is 5.71. The van der Waals surface area contributed by atoms with Crippen LogP contribution in [-0.4, -0.2) is 61.2 Å². The van der Waals surface area contributed by atoms with E-state index < -0.39 is 17.2 Å². The van der Waals surface area contributed by atoms with Gasteiger partial charge in [-0.25, -0.2) is 14.3 Å². The molecule has 0 radical (unpaired) electrons. The molecule has 10 heteroatoms. The lowest BCUT2D eigenvalue weighted by atomic mass is 10.1. The van der Waals surface area contributed by atoms with E-state index in [1.807, 2.05) is 24.3 Å². The number of rotatable bonds is 8. The zero-order chi connectivity index (χ0) is 24.1. The van der Waals surface area contributed by atoms with Crippen molar-refractivity contribution in [1.29, 1.82) is 5.53 Å². The van der Waals surface area contributed by atoms with Crippen LogP contribution in [0.15, 0.2) is 58.6 Å². The van der Waals surface area contributed by atoms with E-state index in [-0.39, 0.29) is 16.8 Å². The first kappa shape index (κ1) is 23.5. The Balaban J connectivity index is 1.39. The average molecular weight is 469 g/mol. The first-order chi connectivity index (χ1) is 16.4. The minimum Gasteiger partial charge on any atom is -0.492 e. The molecule has 0 aliphatic carbocycles. The maximum Gasteiger partial charge on any atom is 0.258 e. The molecule has 1 fully saturated rings. The number of H-pyrrole nitrogens is 1. The van der Waals surface area contributed by atoms with Gasteiger partial charge in [-0.1, -0.05) is 0 Å². The number of benzene rings is 2. The molecule has 4 rings (SSSR count). The number of halogens is 2. The van der Waals surface area contributed by atoms with Crippen molar-refractivity contribution in [3.63, 3.8) is 0 Å². The smallest absolute Gasteiger partial charge is 0.258 e. The third-order valence-electron chi connectivity index (χ3n) is 5.78. The highest BCUT2D eigenvalue weighted by Gasteiger charge is 2.13. The molecule has 2 heterocycles. The Labute approximate surface area is 195 Å². The number of nitrogens with one attached hydrogen (secondary N) is 3. The second-order valence-electron chi connectivity index (χ2n) is 8.17. The molecule has 0 spiro atoms. The Kier molecular flexibility index (Phi) is 7.29. The molecule has 3 aromatic rings. The van der Waals surface area contributed by atoms with Gasteiger partial charge in [0.1, 0.15) is 18.1 Å². The molecular formula is C24H26F2N6O2. The van der Waals surface area contributed by atoms with Gasteiger partial charge in [0.05, 0.1) is 11.1 Å². The predicted molar refractivity (Wildman–Crippen MR) is 127 cm³/mol. The van der Waals surface area contributed by atoms with E-state index in [9.17, 15) is 13.6 Å². The average Bonchev–Trinajstić information content (AvgIpc) is 2.83. The van der Waals surface area contributed by atoms with Crippen LogP contribution >= 0.6 is 0 Å². The summed E-state index contributed by atoms with van der Waals surface area (Å²) in [6, 6.07) is 10.6. The fourth-order valence-corrected chi connectivity index (χ4v) is 3.72.